The molecule has 0 unspecified atom stereocenters. The minimum Gasteiger partial charge on any atom is -0.385 e. The Labute approximate surface area is 165 Å². The molecule has 2 fully saturated rings. The first-order chi connectivity index (χ1) is 13.0. The monoisotopic (exact) mass is 380 g/mol. The Balaban J connectivity index is 2.03. The van der Waals surface area contributed by atoms with Gasteiger partial charge in [-0.2, -0.15) is 0 Å². The molecule has 0 saturated heterocycles. The quantitative estimate of drug-likeness (QED) is 0.477. The zero-order valence-corrected chi connectivity index (χ0v) is 17.9. The van der Waals surface area contributed by atoms with Crippen molar-refractivity contribution >= 4 is 11.9 Å². The van der Waals surface area contributed by atoms with E-state index in [1.54, 1.807) is 12.0 Å². The van der Waals surface area contributed by atoms with Crippen molar-refractivity contribution in [2.24, 2.45) is 15.8 Å². The molecule has 2 rings (SSSR count). The van der Waals surface area contributed by atoms with Crippen LogP contribution in [0.5, 0.6) is 0 Å². The first-order valence-corrected chi connectivity index (χ1v) is 10.7. The van der Waals surface area contributed by atoms with Gasteiger partial charge in [-0.15, -0.1) is 0 Å². The second-order valence-corrected chi connectivity index (χ2v) is 8.69. The van der Waals surface area contributed by atoms with Crippen molar-refractivity contribution in [3.05, 3.63) is 0 Å². The molecule has 6 nitrogen and oxygen atoms in total. The van der Waals surface area contributed by atoms with Gasteiger partial charge in [0.1, 0.15) is 0 Å². The second-order valence-electron chi connectivity index (χ2n) is 8.69. The number of ether oxygens (including phenoxy) is 1. The van der Waals surface area contributed by atoms with E-state index in [0.29, 0.717) is 6.54 Å². The van der Waals surface area contributed by atoms with E-state index < -0.39 is 0 Å². The molecule has 156 valence electrons. The van der Waals surface area contributed by atoms with Crippen LogP contribution in [0.3, 0.4) is 0 Å². The molecule has 0 radical (unpaired) electrons. The lowest BCUT2D eigenvalue weighted by molar-refractivity contribution is -0.138. The van der Waals surface area contributed by atoms with Gasteiger partial charge in [-0.1, -0.05) is 25.7 Å². The standard InChI is InChI=1S/C21H40N4O2/c1-5-22-19(23-16-20(14-15-27-4)10-6-7-11-20)24-17-21(12-8-9-13-21)18(26)25(2)3/h5-17H2,1-4H3,(H2,22,23,24). The third-order valence-electron chi connectivity index (χ3n) is 6.43. The average molecular weight is 381 g/mol. The Morgan fingerprint density at radius 1 is 1.07 bits per heavy atom. The fraction of sp³-hybridized carbons (Fsp3) is 0.905. The Morgan fingerprint density at radius 2 is 1.70 bits per heavy atom. The van der Waals surface area contributed by atoms with Crippen LogP contribution >= 0.6 is 0 Å². The molecule has 0 aliphatic heterocycles. The van der Waals surface area contributed by atoms with E-state index in [-0.39, 0.29) is 16.7 Å². The number of guanidine groups is 1. The minimum atomic E-state index is -0.277. The molecule has 0 atom stereocenters. The highest BCUT2D eigenvalue weighted by atomic mass is 16.5. The van der Waals surface area contributed by atoms with E-state index in [0.717, 1.165) is 57.8 Å². The Bertz CT molecular complexity index is 492. The molecule has 0 aromatic carbocycles. The zero-order valence-electron chi connectivity index (χ0n) is 17.9. The van der Waals surface area contributed by atoms with Gasteiger partial charge in [0.25, 0.3) is 0 Å². The fourth-order valence-corrected chi connectivity index (χ4v) is 4.76. The number of aliphatic imine (C=N–C) groups is 1. The molecular weight excluding hydrogens is 340 g/mol. The lowest BCUT2D eigenvalue weighted by Crippen LogP contribution is -2.49. The Hall–Kier alpha value is -1.30. The fourth-order valence-electron chi connectivity index (χ4n) is 4.76. The SMILES string of the molecule is CCNC(=NCC1(CCOC)CCCC1)NCC1(C(=O)N(C)C)CCCC1. The molecule has 1 amide bonds. The number of nitrogens with zero attached hydrogens (tertiary/aromatic N) is 2. The van der Waals surface area contributed by atoms with Crippen LogP contribution in [-0.4, -0.2) is 64.2 Å². The van der Waals surface area contributed by atoms with Crippen molar-refractivity contribution in [1.29, 1.82) is 0 Å². The molecular formula is C21H40N4O2. The van der Waals surface area contributed by atoms with Gasteiger partial charge in [0.2, 0.25) is 5.91 Å². The summed E-state index contributed by atoms with van der Waals surface area (Å²) in [6.45, 7) is 5.22. The summed E-state index contributed by atoms with van der Waals surface area (Å²) in [5.74, 6) is 1.09. The number of hydrogen-bond acceptors (Lipinski definition) is 3. The predicted molar refractivity (Wildman–Crippen MR) is 111 cm³/mol. The van der Waals surface area contributed by atoms with E-state index in [1.165, 1.54) is 25.7 Å². The van der Waals surface area contributed by atoms with Gasteiger partial charge in [-0.3, -0.25) is 9.79 Å². The lowest BCUT2D eigenvalue weighted by Gasteiger charge is -2.32. The smallest absolute Gasteiger partial charge is 0.230 e. The number of rotatable bonds is 9. The number of hydrogen-bond donors (Lipinski definition) is 2. The third kappa shape index (κ3) is 5.84. The predicted octanol–water partition coefficient (Wildman–Crippen LogP) is 2.79. The van der Waals surface area contributed by atoms with Crippen LogP contribution < -0.4 is 10.6 Å². The maximum atomic E-state index is 12.8. The van der Waals surface area contributed by atoms with Gasteiger partial charge >= 0.3 is 0 Å². The summed E-state index contributed by atoms with van der Waals surface area (Å²) < 4.78 is 5.34. The number of nitrogens with one attached hydrogen (secondary N) is 2. The molecule has 0 aromatic heterocycles. The Morgan fingerprint density at radius 3 is 2.26 bits per heavy atom. The summed E-state index contributed by atoms with van der Waals surface area (Å²) >= 11 is 0. The van der Waals surface area contributed by atoms with Crippen LogP contribution in [0.4, 0.5) is 0 Å². The van der Waals surface area contributed by atoms with Crippen LogP contribution in [0.15, 0.2) is 4.99 Å². The molecule has 27 heavy (non-hydrogen) atoms. The van der Waals surface area contributed by atoms with Crippen molar-refractivity contribution in [3.8, 4) is 0 Å². The number of carbonyl (C=O) groups is 1. The number of methoxy groups -OCH3 is 1. The van der Waals surface area contributed by atoms with Gasteiger partial charge in [0, 0.05) is 47.4 Å². The molecule has 0 bridgehead atoms. The van der Waals surface area contributed by atoms with E-state index in [1.807, 2.05) is 14.1 Å². The third-order valence-corrected chi connectivity index (χ3v) is 6.43. The van der Waals surface area contributed by atoms with Gasteiger partial charge in [-0.25, -0.2) is 0 Å². The van der Waals surface area contributed by atoms with Crippen LogP contribution in [0.25, 0.3) is 0 Å². The summed E-state index contributed by atoms with van der Waals surface area (Å²) in [5.41, 5.74) is 0.00362. The van der Waals surface area contributed by atoms with Crippen molar-refractivity contribution in [1.82, 2.24) is 15.5 Å². The van der Waals surface area contributed by atoms with Crippen LogP contribution in [-0.2, 0) is 9.53 Å². The highest BCUT2D eigenvalue weighted by Gasteiger charge is 2.42. The minimum absolute atomic E-state index is 0.246. The maximum absolute atomic E-state index is 12.8. The zero-order chi connectivity index (χ0) is 19.8. The number of carbonyl (C=O) groups excluding carboxylic acids is 1. The summed E-state index contributed by atoms with van der Waals surface area (Å²) in [4.78, 5) is 19.5. The van der Waals surface area contributed by atoms with Gasteiger partial charge in [0.05, 0.1) is 5.41 Å². The van der Waals surface area contributed by atoms with E-state index in [9.17, 15) is 4.79 Å². The normalized spacial score (nSPS) is 21.3. The Kier molecular flexibility index (Phi) is 8.39. The molecule has 2 saturated carbocycles. The summed E-state index contributed by atoms with van der Waals surface area (Å²) in [6.07, 6.45) is 10.3. The van der Waals surface area contributed by atoms with Crippen LogP contribution in [0.2, 0.25) is 0 Å². The van der Waals surface area contributed by atoms with Crippen molar-refractivity contribution in [3.63, 3.8) is 0 Å². The number of amides is 1. The summed E-state index contributed by atoms with van der Waals surface area (Å²) in [5, 5.41) is 6.87. The molecule has 2 N–H and O–H groups in total. The van der Waals surface area contributed by atoms with E-state index in [2.05, 4.69) is 17.6 Å². The van der Waals surface area contributed by atoms with Crippen molar-refractivity contribution < 1.29 is 9.53 Å². The summed E-state index contributed by atoms with van der Waals surface area (Å²) in [6, 6.07) is 0. The topological polar surface area (TPSA) is 66.0 Å². The van der Waals surface area contributed by atoms with Crippen molar-refractivity contribution in [2.75, 3.05) is 47.4 Å². The lowest BCUT2D eigenvalue weighted by atomic mass is 9.83. The van der Waals surface area contributed by atoms with Crippen molar-refractivity contribution in [2.45, 2.75) is 64.7 Å². The molecule has 0 aromatic rings. The molecule has 2 aliphatic rings. The van der Waals surface area contributed by atoms with Crippen LogP contribution in [0.1, 0.15) is 64.7 Å². The summed E-state index contributed by atoms with van der Waals surface area (Å²) in [7, 11) is 5.50. The van der Waals surface area contributed by atoms with Gasteiger partial charge in [-0.05, 0) is 44.4 Å². The highest BCUT2D eigenvalue weighted by Crippen LogP contribution is 2.41. The first kappa shape index (κ1) is 22.0. The largest absolute Gasteiger partial charge is 0.385 e. The molecule has 0 heterocycles. The first-order valence-electron chi connectivity index (χ1n) is 10.7. The van der Waals surface area contributed by atoms with Crippen LogP contribution in [0, 0.1) is 10.8 Å². The second kappa shape index (κ2) is 10.3. The molecule has 2 aliphatic carbocycles. The molecule has 0 spiro atoms. The average Bonchev–Trinajstić information content (AvgIpc) is 3.32. The van der Waals surface area contributed by atoms with Gasteiger partial charge in [0.15, 0.2) is 5.96 Å². The van der Waals surface area contributed by atoms with Gasteiger partial charge < -0.3 is 20.3 Å². The maximum Gasteiger partial charge on any atom is 0.230 e. The molecule has 6 heteroatoms. The highest BCUT2D eigenvalue weighted by molar-refractivity contribution is 5.85. The van der Waals surface area contributed by atoms with E-state index >= 15 is 0 Å². The van der Waals surface area contributed by atoms with E-state index in [4.69, 9.17) is 9.73 Å².